The lowest BCUT2D eigenvalue weighted by Crippen LogP contribution is -2.31. The number of hydrogen-bond donors (Lipinski definition) is 1. The monoisotopic (exact) mass is 171 g/mol. The van der Waals surface area contributed by atoms with Gasteiger partial charge in [0, 0.05) is 19.1 Å². The molecule has 0 aliphatic carbocycles. The second kappa shape index (κ2) is 2.98. The highest BCUT2D eigenvalue weighted by Gasteiger charge is 2.37. The van der Waals surface area contributed by atoms with Crippen molar-refractivity contribution in [2.45, 2.75) is 32.1 Å². The fourth-order valence-electron chi connectivity index (χ4n) is 1.83. The van der Waals surface area contributed by atoms with Crippen LogP contribution in [-0.4, -0.2) is 31.6 Å². The summed E-state index contributed by atoms with van der Waals surface area (Å²) in [5.41, 5.74) is 0.00720. The van der Waals surface area contributed by atoms with E-state index in [4.69, 9.17) is 9.47 Å². The molecule has 3 heteroatoms. The molecule has 0 saturated carbocycles. The molecule has 2 aliphatic heterocycles. The highest BCUT2D eigenvalue weighted by atomic mass is 16.5. The molecule has 0 aromatic carbocycles. The lowest BCUT2D eigenvalue weighted by atomic mass is 10.1. The van der Waals surface area contributed by atoms with Crippen molar-refractivity contribution in [2.75, 3.05) is 19.8 Å². The number of ether oxygens (including phenoxy) is 2. The molecule has 2 aliphatic rings. The van der Waals surface area contributed by atoms with E-state index in [-0.39, 0.29) is 11.8 Å². The lowest BCUT2D eigenvalue weighted by molar-refractivity contribution is -0.0428. The quantitative estimate of drug-likeness (QED) is 0.631. The Balaban J connectivity index is 1.90. The fraction of sp³-hybridized carbons (Fsp3) is 1.00. The first-order valence-corrected chi connectivity index (χ1v) is 4.66. The Hall–Kier alpha value is -0.120. The molecule has 70 valence electrons. The summed E-state index contributed by atoms with van der Waals surface area (Å²) in [6.45, 7) is 6.94. The zero-order valence-corrected chi connectivity index (χ0v) is 7.80. The molecule has 3 nitrogen and oxygen atoms in total. The minimum Gasteiger partial charge on any atom is -0.381 e. The van der Waals surface area contributed by atoms with E-state index in [2.05, 4.69) is 19.2 Å². The minimum absolute atomic E-state index is 0.00720. The largest absolute Gasteiger partial charge is 0.381 e. The molecular formula is C9H17NO2. The molecule has 12 heavy (non-hydrogen) atoms. The highest BCUT2D eigenvalue weighted by Crippen LogP contribution is 2.26. The van der Waals surface area contributed by atoms with Gasteiger partial charge in [-0.1, -0.05) is 0 Å². The summed E-state index contributed by atoms with van der Waals surface area (Å²) in [6, 6.07) is 0. The zero-order valence-electron chi connectivity index (χ0n) is 7.80. The second-order valence-electron chi connectivity index (χ2n) is 4.30. The van der Waals surface area contributed by atoms with Crippen LogP contribution in [0.5, 0.6) is 0 Å². The molecule has 2 atom stereocenters. The Bertz CT molecular complexity index is 164. The second-order valence-corrected chi connectivity index (χ2v) is 4.30. The van der Waals surface area contributed by atoms with Crippen LogP contribution in [0, 0.1) is 5.92 Å². The van der Waals surface area contributed by atoms with Crippen LogP contribution in [0.1, 0.15) is 20.3 Å². The first-order chi connectivity index (χ1) is 5.67. The van der Waals surface area contributed by atoms with E-state index in [0.717, 1.165) is 26.2 Å². The molecule has 2 fully saturated rings. The summed E-state index contributed by atoms with van der Waals surface area (Å²) < 4.78 is 11.2. The molecule has 2 saturated heterocycles. The van der Waals surface area contributed by atoms with Crippen LogP contribution in [-0.2, 0) is 9.47 Å². The molecule has 0 aromatic rings. The third kappa shape index (κ3) is 1.63. The molecule has 0 radical (unpaired) electrons. The van der Waals surface area contributed by atoms with Gasteiger partial charge in [0.05, 0.1) is 12.2 Å². The number of hydrogen-bond acceptors (Lipinski definition) is 3. The molecule has 2 rings (SSSR count). The molecule has 1 N–H and O–H groups in total. The van der Waals surface area contributed by atoms with E-state index < -0.39 is 0 Å². The van der Waals surface area contributed by atoms with Crippen molar-refractivity contribution in [3.8, 4) is 0 Å². The van der Waals surface area contributed by atoms with Gasteiger partial charge < -0.3 is 9.47 Å². The van der Waals surface area contributed by atoms with E-state index in [1.54, 1.807) is 0 Å². The van der Waals surface area contributed by atoms with Gasteiger partial charge in [-0.3, -0.25) is 5.32 Å². The summed E-state index contributed by atoms with van der Waals surface area (Å²) in [4.78, 5) is 0. The highest BCUT2D eigenvalue weighted by molar-refractivity contribution is 4.85. The Labute approximate surface area is 73.4 Å². The number of rotatable bonds is 1. The Morgan fingerprint density at radius 1 is 1.42 bits per heavy atom. The van der Waals surface area contributed by atoms with Gasteiger partial charge in [-0.25, -0.2) is 0 Å². The van der Waals surface area contributed by atoms with Gasteiger partial charge >= 0.3 is 0 Å². The maximum absolute atomic E-state index is 5.84. The van der Waals surface area contributed by atoms with E-state index in [9.17, 15) is 0 Å². The van der Waals surface area contributed by atoms with Crippen LogP contribution in [0.25, 0.3) is 0 Å². The number of nitrogens with one attached hydrogen (secondary N) is 1. The lowest BCUT2D eigenvalue weighted by Gasteiger charge is -2.20. The minimum atomic E-state index is 0.00720. The van der Waals surface area contributed by atoms with Crippen LogP contribution < -0.4 is 5.32 Å². The average Bonchev–Trinajstić information content (AvgIpc) is 2.55. The molecule has 0 bridgehead atoms. The summed E-state index contributed by atoms with van der Waals surface area (Å²) in [5, 5.41) is 3.39. The molecule has 0 spiro atoms. The van der Waals surface area contributed by atoms with E-state index in [0.29, 0.717) is 5.92 Å². The Kier molecular flexibility index (Phi) is 2.10. The van der Waals surface area contributed by atoms with E-state index in [1.165, 1.54) is 0 Å². The molecule has 2 heterocycles. The molecular weight excluding hydrogens is 154 g/mol. The van der Waals surface area contributed by atoms with Crippen LogP contribution >= 0.6 is 0 Å². The van der Waals surface area contributed by atoms with Gasteiger partial charge in [0.1, 0.15) is 6.23 Å². The van der Waals surface area contributed by atoms with Gasteiger partial charge in [-0.05, 0) is 20.3 Å². The maximum Gasteiger partial charge on any atom is 0.114 e. The normalized spacial score (nSPS) is 40.5. The average molecular weight is 171 g/mol. The maximum atomic E-state index is 5.84. The van der Waals surface area contributed by atoms with Crippen molar-refractivity contribution in [2.24, 2.45) is 5.92 Å². The van der Waals surface area contributed by atoms with Crippen LogP contribution in [0.15, 0.2) is 0 Å². The SMILES string of the molecule is CC1(C)CNC(C2CCOC2)O1. The van der Waals surface area contributed by atoms with Crippen molar-refractivity contribution in [1.29, 1.82) is 0 Å². The van der Waals surface area contributed by atoms with Crippen molar-refractivity contribution in [1.82, 2.24) is 5.32 Å². The van der Waals surface area contributed by atoms with Gasteiger partial charge in [-0.2, -0.15) is 0 Å². The summed E-state index contributed by atoms with van der Waals surface area (Å²) in [6.07, 6.45) is 1.36. The van der Waals surface area contributed by atoms with Gasteiger partial charge in [0.2, 0.25) is 0 Å². The fourth-order valence-corrected chi connectivity index (χ4v) is 1.83. The van der Waals surface area contributed by atoms with Gasteiger partial charge in [0.25, 0.3) is 0 Å². The molecule has 2 unspecified atom stereocenters. The van der Waals surface area contributed by atoms with E-state index in [1.807, 2.05) is 0 Å². The van der Waals surface area contributed by atoms with Crippen molar-refractivity contribution in [3.05, 3.63) is 0 Å². The van der Waals surface area contributed by atoms with E-state index >= 15 is 0 Å². The predicted octanol–water partition coefficient (Wildman–Crippen LogP) is 0.747. The van der Waals surface area contributed by atoms with Crippen molar-refractivity contribution >= 4 is 0 Å². The molecule has 0 aromatic heterocycles. The summed E-state index contributed by atoms with van der Waals surface area (Å²) >= 11 is 0. The summed E-state index contributed by atoms with van der Waals surface area (Å²) in [5.74, 6) is 0.562. The smallest absolute Gasteiger partial charge is 0.114 e. The van der Waals surface area contributed by atoms with Gasteiger partial charge in [-0.15, -0.1) is 0 Å². The molecule has 0 amide bonds. The summed E-state index contributed by atoms with van der Waals surface area (Å²) in [7, 11) is 0. The van der Waals surface area contributed by atoms with Crippen LogP contribution in [0.4, 0.5) is 0 Å². The Morgan fingerprint density at radius 2 is 2.25 bits per heavy atom. The standard InChI is InChI=1S/C9H17NO2/c1-9(2)6-10-8(12-9)7-3-4-11-5-7/h7-8,10H,3-6H2,1-2H3. The third-order valence-corrected chi connectivity index (χ3v) is 2.57. The van der Waals surface area contributed by atoms with Crippen LogP contribution in [0.2, 0.25) is 0 Å². The van der Waals surface area contributed by atoms with Crippen LogP contribution in [0.3, 0.4) is 0 Å². The predicted molar refractivity (Wildman–Crippen MR) is 45.9 cm³/mol. The van der Waals surface area contributed by atoms with Crippen molar-refractivity contribution in [3.63, 3.8) is 0 Å². The topological polar surface area (TPSA) is 30.5 Å². The Morgan fingerprint density at radius 3 is 2.75 bits per heavy atom. The van der Waals surface area contributed by atoms with Crippen molar-refractivity contribution < 1.29 is 9.47 Å². The van der Waals surface area contributed by atoms with Gasteiger partial charge in [0.15, 0.2) is 0 Å². The zero-order chi connectivity index (χ0) is 8.60. The third-order valence-electron chi connectivity index (χ3n) is 2.57. The first-order valence-electron chi connectivity index (χ1n) is 4.66. The first kappa shape index (κ1) is 8.48.